The number of nitrogens with zero attached hydrogens (tertiary/aromatic N) is 1. The van der Waals surface area contributed by atoms with Gasteiger partial charge in [0.25, 0.3) is 0 Å². The summed E-state index contributed by atoms with van der Waals surface area (Å²) in [5, 5.41) is 12.3. The summed E-state index contributed by atoms with van der Waals surface area (Å²) in [5.74, 6) is -0.0284. The van der Waals surface area contributed by atoms with E-state index in [9.17, 15) is 4.79 Å². The highest BCUT2D eigenvalue weighted by molar-refractivity contribution is 5.99. The molecular formula is C21H24N2O2. The van der Waals surface area contributed by atoms with Crippen molar-refractivity contribution >= 4 is 11.5 Å². The first-order valence-electron chi connectivity index (χ1n) is 8.29. The van der Waals surface area contributed by atoms with Gasteiger partial charge in [0, 0.05) is 17.8 Å². The molecule has 0 aliphatic rings. The van der Waals surface area contributed by atoms with Gasteiger partial charge in [0.2, 0.25) is 0 Å². The fourth-order valence-corrected chi connectivity index (χ4v) is 2.39. The maximum absolute atomic E-state index is 11.8. The standard InChI is InChI=1S/C21H24N2O2/c1-15(24)19-9-8-16(12-22)11-20(19)23-13-17-6-5-7-18(10-17)14-25-21(2,3)4/h5-11,23H,13-14H2,1-4H3. The number of Topliss-reactive ketones (excluding diaryl/α,β-unsaturated/α-hetero) is 1. The van der Waals surface area contributed by atoms with Gasteiger partial charge in [-0.05, 0) is 57.0 Å². The number of carbonyl (C=O) groups excluding carboxylic acids is 1. The first kappa shape index (κ1) is 18.7. The van der Waals surface area contributed by atoms with Gasteiger partial charge in [-0.1, -0.05) is 24.3 Å². The van der Waals surface area contributed by atoms with Gasteiger partial charge in [-0.15, -0.1) is 0 Å². The van der Waals surface area contributed by atoms with E-state index in [1.807, 2.05) is 39.0 Å². The van der Waals surface area contributed by atoms with Crippen molar-refractivity contribution in [3.8, 4) is 6.07 Å². The number of ether oxygens (including phenoxy) is 1. The van der Waals surface area contributed by atoms with Crippen LogP contribution in [0.5, 0.6) is 0 Å². The van der Waals surface area contributed by atoms with E-state index in [1.54, 1.807) is 18.2 Å². The van der Waals surface area contributed by atoms with E-state index in [1.165, 1.54) is 6.92 Å². The second-order valence-electron chi connectivity index (χ2n) is 7.00. The molecule has 0 aliphatic carbocycles. The monoisotopic (exact) mass is 336 g/mol. The predicted octanol–water partition coefficient (Wildman–Crippen LogP) is 4.69. The maximum atomic E-state index is 11.8. The van der Waals surface area contributed by atoms with Crippen molar-refractivity contribution in [1.82, 2.24) is 0 Å². The summed E-state index contributed by atoms with van der Waals surface area (Å²) in [7, 11) is 0. The summed E-state index contributed by atoms with van der Waals surface area (Å²) in [4.78, 5) is 11.8. The zero-order chi connectivity index (χ0) is 18.4. The Bertz CT molecular complexity index is 798. The first-order valence-corrected chi connectivity index (χ1v) is 8.29. The number of anilines is 1. The van der Waals surface area contributed by atoms with Gasteiger partial charge in [-0.3, -0.25) is 4.79 Å². The van der Waals surface area contributed by atoms with Crippen LogP contribution in [0.15, 0.2) is 42.5 Å². The average molecular weight is 336 g/mol. The Kier molecular flexibility index (Phi) is 5.95. The largest absolute Gasteiger partial charge is 0.380 e. The quantitative estimate of drug-likeness (QED) is 0.778. The van der Waals surface area contributed by atoms with Crippen molar-refractivity contribution in [2.75, 3.05) is 5.32 Å². The van der Waals surface area contributed by atoms with Crippen molar-refractivity contribution in [2.45, 2.75) is 46.4 Å². The number of rotatable bonds is 6. The molecule has 0 aromatic heterocycles. The number of hydrogen-bond donors (Lipinski definition) is 1. The van der Waals surface area contributed by atoms with Crippen LogP contribution in [0.4, 0.5) is 5.69 Å². The van der Waals surface area contributed by atoms with Crippen molar-refractivity contribution in [2.24, 2.45) is 0 Å². The third kappa shape index (κ3) is 5.74. The molecule has 0 radical (unpaired) electrons. The molecule has 0 bridgehead atoms. The minimum Gasteiger partial charge on any atom is -0.380 e. The SMILES string of the molecule is CC(=O)c1ccc(C#N)cc1NCc1cccc(COC(C)(C)C)c1. The van der Waals surface area contributed by atoms with Crippen LogP contribution in [0, 0.1) is 11.3 Å². The molecule has 4 nitrogen and oxygen atoms in total. The van der Waals surface area contributed by atoms with Crippen LogP contribution in [0.3, 0.4) is 0 Å². The second-order valence-corrected chi connectivity index (χ2v) is 7.00. The van der Waals surface area contributed by atoms with Gasteiger partial charge >= 0.3 is 0 Å². The fraction of sp³-hybridized carbons (Fsp3) is 0.333. The normalized spacial score (nSPS) is 11.0. The molecule has 4 heteroatoms. The molecule has 0 aliphatic heterocycles. The molecule has 0 saturated carbocycles. The summed E-state index contributed by atoms with van der Waals surface area (Å²) in [5.41, 5.74) is 3.81. The molecule has 2 rings (SSSR count). The second kappa shape index (κ2) is 7.96. The van der Waals surface area contributed by atoms with Crippen LogP contribution in [0.1, 0.15) is 54.7 Å². The highest BCUT2D eigenvalue weighted by Gasteiger charge is 2.11. The van der Waals surface area contributed by atoms with E-state index in [4.69, 9.17) is 10.00 Å². The number of ketones is 1. The van der Waals surface area contributed by atoms with Gasteiger partial charge < -0.3 is 10.1 Å². The van der Waals surface area contributed by atoms with Crippen LogP contribution in [0.25, 0.3) is 0 Å². The van der Waals surface area contributed by atoms with Gasteiger partial charge in [-0.25, -0.2) is 0 Å². The molecule has 25 heavy (non-hydrogen) atoms. The van der Waals surface area contributed by atoms with Crippen LogP contribution in [-0.2, 0) is 17.9 Å². The summed E-state index contributed by atoms with van der Waals surface area (Å²) in [6.45, 7) is 8.74. The Hall–Kier alpha value is -2.64. The van der Waals surface area contributed by atoms with E-state index in [0.29, 0.717) is 30.0 Å². The minimum atomic E-state index is -0.178. The number of benzene rings is 2. The van der Waals surface area contributed by atoms with Crippen molar-refractivity contribution in [3.63, 3.8) is 0 Å². The van der Waals surface area contributed by atoms with Crippen molar-refractivity contribution < 1.29 is 9.53 Å². The lowest BCUT2D eigenvalue weighted by atomic mass is 10.1. The highest BCUT2D eigenvalue weighted by atomic mass is 16.5. The molecule has 2 aromatic carbocycles. The summed E-state index contributed by atoms with van der Waals surface area (Å²) in [6, 6.07) is 15.3. The summed E-state index contributed by atoms with van der Waals surface area (Å²) < 4.78 is 5.81. The maximum Gasteiger partial charge on any atom is 0.161 e. The van der Waals surface area contributed by atoms with Crippen LogP contribution < -0.4 is 5.32 Å². The molecule has 1 N–H and O–H groups in total. The lowest BCUT2D eigenvalue weighted by molar-refractivity contribution is -0.0149. The Balaban J connectivity index is 2.11. The van der Waals surface area contributed by atoms with Crippen LogP contribution in [0.2, 0.25) is 0 Å². The van der Waals surface area contributed by atoms with Crippen molar-refractivity contribution in [3.05, 3.63) is 64.7 Å². The number of hydrogen-bond acceptors (Lipinski definition) is 4. The van der Waals surface area contributed by atoms with Gasteiger partial charge in [0.1, 0.15) is 0 Å². The molecule has 0 saturated heterocycles. The van der Waals surface area contributed by atoms with Gasteiger partial charge in [0.15, 0.2) is 5.78 Å². The smallest absolute Gasteiger partial charge is 0.161 e. The first-order chi connectivity index (χ1) is 11.8. The van der Waals surface area contributed by atoms with Crippen molar-refractivity contribution in [1.29, 1.82) is 5.26 Å². The van der Waals surface area contributed by atoms with Gasteiger partial charge in [0.05, 0.1) is 23.8 Å². The van der Waals surface area contributed by atoms with E-state index < -0.39 is 0 Å². The van der Waals surface area contributed by atoms with Crippen LogP contribution >= 0.6 is 0 Å². The molecule has 0 fully saturated rings. The molecule has 0 atom stereocenters. The lowest BCUT2D eigenvalue weighted by Crippen LogP contribution is -2.18. The minimum absolute atomic E-state index is 0.0284. The van der Waals surface area contributed by atoms with Crippen LogP contribution in [-0.4, -0.2) is 11.4 Å². The topological polar surface area (TPSA) is 62.1 Å². The fourth-order valence-electron chi connectivity index (χ4n) is 2.39. The molecule has 0 amide bonds. The zero-order valence-electron chi connectivity index (χ0n) is 15.2. The van der Waals surface area contributed by atoms with E-state index >= 15 is 0 Å². The molecule has 130 valence electrons. The highest BCUT2D eigenvalue weighted by Crippen LogP contribution is 2.20. The lowest BCUT2D eigenvalue weighted by Gasteiger charge is -2.19. The molecule has 0 heterocycles. The number of nitriles is 1. The number of carbonyl (C=O) groups is 1. The molecule has 0 spiro atoms. The third-order valence-electron chi connectivity index (χ3n) is 3.67. The van der Waals surface area contributed by atoms with E-state index in [0.717, 1.165) is 11.1 Å². The molecule has 2 aromatic rings. The van der Waals surface area contributed by atoms with Gasteiger partial charge in [-0.2, -0.15) is 5.26 Å². The summed E-state index contributed by atoms with van der Waals surface area (Å²) >= 11 is 0. The molecule has 0 unspecified atom stereocenters. The Morgan fingerprint density at radius 3 is 2.52 bits per heavy atom. The van der Waals surface area contributed by atoms with E-state index in [-0.39, 0.29) is 11.4 Å². The van der Waals surface area contributed by atoms with E-state index in [2.05, 4.69) is 17.5 Å². The Labute approximate surface area is 149 Å². The third-order valence-corrected chi connectivity index (χ3v) is 3.67. The molecular weight excluding hydrogens is 312 g/mol. The average Bonchev–Trinajstić information content (AvgIpc) is 2.57. The summed E-state index contributed by atoms with van der Waals surface area (Å²) in [6.07, 6.45) is 0. The predicted molar refractivity (Wildman–Crippen MR) is 99.5 cm³/mol. The Morgan fingerprint density at radius 2 is 1.88 bits per heavy atom. The number of nitrogens with one attached hydrogen (secondary N) is 1. The Morgan fingerprint density at radius 1 is 1.16 bits per heavy atom. The zero-order valence-corrected chi connectivity index (χ0v) is 15.2.